The number of hydrogen-bond acceptors (Lipinski definition) is 3. The van der Waals surface area contributed by atoms with E-state index < -0.39 is 0 Å². The number of fused-ring (bicyclic) bond motifs is 7. The fraction of sp³-hybridized carbons (Fsp3) is 0. The summed E-state index contributed by atoms with van der Waals surface area (Å²) in [6.45, 7) is 0. The maximum atomic E-state index is 6.55. The van der Waals surface area contributed by atoms with Crippen LogP contribution < -0.4 is 4.90 Å². The van der Waals surface area contributed by atoms with Gasteiger partial charge in [0, 0.05) is 48.4 Å². The Morgan fingerprint density at radius 2 is 0.933 bits per heavy atom. The fourth-order valence-electron chi connectivity index (χ4n) is 6.54. The first-order valence-corrected chi connectivity index (χ1v) is 16.0. The molecule has 0 aliphatic rings. The Kier molecular flexibility index (Phi) is 6.03. The van der Waals surface area contributed by atoms with Crippen LogP contribution >= 0.6 is 11.3 Å². The first-order chi connectivity index (χ1) is 22.3. The first kappa shape index (κ1) is 25.8. The Bertz CT molecular complexity index is 2370. The predicted molar refractivity (Wildman–Crippen MR) is 192 cm³/mol. The van der Waals surface area contributed by atoms with Gasteiger partial charge >= 0.3 is 0 Å². The van der Waals surface area contributed by atoms with Gasteiger partial charge < -0.3 is 9.32 Å². The summed E-state index contributed by atoms with van der Waals surface area (Å²) in [5, 5.41) is 4.84. The van der Waals surface area contributed by atoms with E-state index in [0.717, 1.165) is 33.6 Å². The Labute approximate surface area is 265 Å². The van der Waals surface area contributed by atoms with Crippen molar-refractivity contribution in [3.63, 3.8) is 0 Å². The molecule has 0 aliphatic heterocycles. The van der Waals surface area contributed by atoms with Gasteiger partial charge in [0.15, 0.2) is 0 Å². The molecule has 0 fully saturated rings. The van der Waals surface area contributed by atoms with Gasteiger partial charge in [-0.15, -0.1) is 11.3 Å². The minimum absolute atomic E-state index is 0.900. The zero-order valence-electron chi connectivity index (χ0n) is 24.4. The molecule has 9 rings (SSSR count). The lowest BCUT2D eigenvalue weighted by atomic mass is 10.0. The van der Waals surface area contributed by atoms with E-state index in [-0.39, 0.29) is 0 Å². The van der Waals surface area contributed by atoms with Crippen molar-refractivity contribution in [2.45, 2.75) is 0 Å². The van der Waals surface area contributed by atoms with Crippen molar-refractivity contribution in [2.75, 3.05) is 4.90 Å². The molecule has 3 heteroatoms. The lowest BCUT2D eigenvalue weighted by Gasteiger charge is -2.27. The monoisotopic (exact) mass is 593 g/mol. The number of rotatable bonds is 5. The Morgan fingerprint density at radius 1 is 0.422 bits per heavy atom. The standard InChI is InChI=1S/C42H27NOS/c1-3-11-28(12-4-1)30-19-23-32(24-20-30)43(33-25-21-31(22-26-33)29-13-5-2-6-14-29)36-27-38-41(34-15-7-9-17-37(34)44-38)42-40(36)35-16-8-10-18-39(35)45-42/h1-27H. The van der Waals surface area contributed by atoms with Crippen LogP contribution in [0.3, 0.4) is 0 Å². The molecule has 0 N–H and O–H groups in total. The summed E-state index contributed by atoms with van der Waals surface area (Å²) >= 11 is 1.85. The number of nitrogens with zero attached hydrogens (tertiary/aromatic N) is 1. The predicted octanol–water partition coefficient (Wildman–Crippen LogP) is 12.8. The molecule has 0 atom stereocenters. The number of anilines is 3. The molecule has 0 spiro atoms. The number of thiophene rings is 1. The zero-order valence-corrected chi connectivity index (χ0v) is 25.2. The first-order valence-electron chi connectivity index (χ1n) is 15.2. The molecule has 212 valence electrons. The summed E-state index contributed by atoms with van der Waals surface area (Å²) in [6.07, 6.45) is 0. The number of benzene rings is 7. The lowest BCUT2D eigenvalue weighted by Crippen LogP contribution is -2.10. The van der Waals surface area contributed by atoms with Crippen molar-refractivity contribution < 1.29 is 4.42 Å². The van der Waals surface area contributed by atoms with E-state index in [9.17, 15) is 0 Å². The summed E-state index contributed by atoms with van der Waals surface area (Å²) in [7, 11) is 0. The van der Waals surface area contributed by atoms with E-state index in [1.54, 1.807) is 0 Å². The Morgan fingerprint density at radius 3 is 1.56 bits per heavy atom. The normalized spacial score (nSPS) is 11.6. The van der Waals surface area contributed by atoms with Crippen molar-refractivity contribution in [3.05, 3.63) is 164 Å². The van der Waals surface area contributed by atoms with E-state index in [1.807, 2.05) is 17.4 Å². The van der Waals surface area contributed by atoms with Gasteiger partial charge in [-0.05, 0) is 58.7 Å². The van der Waals surface area contributed by atoms with Crippen LogP contribution in [-0.4, -0.2) is 0 Å². The van der Waals surface area contributed by atoms with Crippen LogP contribution in [0.15, 0.2) is 168 Å². The molecule has 0 aliphatic carbocycles. The summed E-state index contributed by atoms with van der Waals surface area (Å²) in [5.41, 5.74) is 9.90. The molecule has 0 radical (unpaired) electrons. The third-order valence-corrected chi connectivity index (χ3v) is 9.86. The van der Waals surface area contributed by atoms with E-state index >= 15 is 0 Å². The summed E-state index contributed by atoms with van der Waals surface area (Å²) in [5.74, 6) is 0. The average molecular weight is 594 g/mol. The highest BCUT2D eigenvalue weighted by atomic mass is 32.1. The fourth-order valence-corrected chi connectivity index (χ4v) is 7.82. The maximum absolute atomic E-state index is 6.55. The molecule has 2 nitrogen and oxygen atoms in total. The van der Waals surface area contributed by atoms with Gasteiger partial charge in [0.2, 0.25) is 0 Å². The van der Waals surface area contributed by atoms with Crippen LogP contribution in [0.5, 0.6) is 0 Å². The van der Waals surface area contributed by atoms with Gasteiger partial charge in [0.05, 0.1) is 5.69 Å². The van der Waals surface area contributed by atoms with Crippen LogP contribution in [-0.2, 0) is 0 Å². The Balaban J connectivity index is 1.31. The van der Waals surface area contributed by atoms with Crippen LogP contribution in [0.25, 0.3) is 64.4 Å². The van der Waals surface area contributed by atoms with Crippen LogP contribution in [0.2, 0.25) is 0 Å². The Hall–Kier alpha value is -5.64. The number of para-hydroxylation sites is 1. The van der Waals surface area contributed by atoms with Gasteiger partial charge in [-0.3, -0.25) is 0 Å². The second kappa shape index (κ2) is 10.5. The summed E-state index contributed by atoms with van der Waals surface area (Å²) in [6, 6.07) is 58.3. The highest BCUT2D eigenvalue weighted by molar-refractivity contribution is 7.27. The molecular formula is C42H27NOS. The topological polar surface area (TPSA) is 16.4 Å². The smallest absolute Gasteiger partial charge is 0.138 e. The van der Waals surface area contributed by atoms with Crippen LogP contribution in [0.1, 0.15) is 0 Å². The molecule has 0 bridgehead atoms. The second-order valence-electron chi connectivity index (χ2n) is 11.3. The van der Waals surface area contributed by atoms with E-state index in [2.05, 4.69) is 163 Å². The van der Waals surface area contributed by atoms with Gasteiger partial charge in [0.25, 0.3) is 0 Å². The third-order valence-electron chi connectivity index (χ3n) is 8.68. The molecule has 45 heavy (non-hydrogen) atoms. The van der Waals surface area contributed by atoms with Gasteiger partial charge in [-0.1, -0.05) is 121 Å². The number of furan rings is 1. The molecule has 0 unspecified atom stereocenters. The number of hydrogen-bond donors (Lipinski definition) is 0. The highest BCUT2D eigenvalue weighted by Crippen LogP contribution is 2.50. The molecule has 0 saturated heterocycles. The van der Waals surface area contributed by atoms with Gasteiger partial charge in [0.1, 0.15) is 11.2 Å². The molecule has 2 aromatic heterocycles. The lowest BCUT2D eigenvalue weighted by molar-refractivity contribution is 0.669. The minimum Gasteiger partial charge on any atom is -0.456 e. The van der Waals surface area contributed by atoms with Crippen molar-refractivity contribution in [3.8, 4) is 22.3 Å². The molecule has 9 aromatic rings. The zero-order chi connectivity index (χ0) is 29.7. The quantitative estimate of drug-likeness (QED) is 0.197. The summed E-state index contributed by atoms with van der Waals surface area (Å²) < 4.78 is 9.07. The van der Waals surface area contributed by atoms with Crippen molar-refractivity contribution >= 4 is 70.5 Å². The molecule has 0 saturated carbocycles. The largest absolute Gasteiger partial charge is 0.456 e. The van der Waals surface area contributed by atoms with Gasteiger partial charge in [-0.25, -0.2) is 0 Å². The summed E-state index contributed by atoms with van der Waals surface area (Å²) in [4.78, 5) is 2.39. The van der Waals surface area contributed by atoms with E-state index in [0.29, 0.717) is 0 Å². The van der Waals surface area contributed by atoms with E-state index in [4.69, 9.17) is 4.42 Å². The maximum Gasteiger partial charge on any atom is 0.138 e. The van der Waals surface area contributed by atoms with Gasteiger partial charge in [-0.2, -0.15) is 0 Å². The highest BCUT2D eigenvalue weighted by Gasteiger charge is 2.23. The van der Waals surface area contributed by atoms with Crippen LogP contribution in [0, 0.1) is 0 Å². The molecule has 2 heterocycles. The molecule has 0 amide bonds. The minimum atomic E-state index is 0.900. The van der Waals surface area contributed by atoms with Crippen molar-refractivity contribution in [1.82, 2.24) is 0 Å². The average Bonchev–Trinajstić information content (AvgIpc) is 3.68. The SMILES string of the molecule is c1ccc(-c2ccc(N(c3ccc(-c4ccccc4)cc3)c3cc4oc5ccccc5c4c4sc5ccccc5c34)cc2)cc1. The molecule has 7 aromatic carbocycles. The van der Waals surface area contributed by atoms with Crippen molar-refractivity contribution in [2.24, 2.45) is 0 Å². The second-order valence-corrected chi connectivity index (χ2v) is 12.4. The third kappa shape index (κ3) is 4.32. The van der Waals surface area contributed by atoms with E-state index in [1.165, 1.54) is 47.8 Å². The molecular weight excluding hydrogens is 567 g/mol. The van der Waals surface area contributed by atoms with Crippen molar-refractivity contribution in [1.29, 1.82) is 0 Å². The van der Waals surface area contributed by atoms with Crippen LogP contribution in [0.4, 0.5) is 17.1 Å².